The van der Waals surface area contributed by atoms with Gasteiger partial charge in [-0.05, 0) is 21.9 Å². The quantitative estimate of drug-likeness (QED) is 0.720. The van der Waals surface area contributed by atoms with Gasteiger partial charge in [0, 0.05) is 6.42 Å². The number of alkyl halides is 1. The van der Waals surface area contributed by atoms with E-state index in [4.69, 9.17) is 17.3 Å². The fourth-order valence-electron chi connectivity index (χ4n) is 2.96. The first-order chi connectivity index (χ1) is 11.1. The number of hydrogen-bond donors (Lipinski definition) is 1. The van der Waals surface area contributed by atoms with Crippen LogP contribution in [0.5, 0.6) is 0 Å². The van der Waals surface area contributed by atoms with E-state index in [1.54, 1.807) is 0 Å². The van der Waals surface area contributed by atoms with Crippen molar-refractivity contribution >= 4 is 28.2 Å². The summed E-state index contributed by atoms with van der Waals surface area (Å²) in [5.74, 6) is -0.269. The van der Waals surface area contributed by atoms with Gasteiger partial charge in [-0.1, -0.05) is 72.8 Å². The summed E-state index contributed by atoms with van der Waals surface area (Å²) in [6.45, 7) is 0. The number of halogens is 1. The topological polar surface area (TPSA) is 43.1 Å². The highest BCUT2D eigenvalue weighted by Crippen LogP contribution is 2.28. The van der Waals surface area contributed by atoms with Crippen LogP contribution in [0, 0.1) is 0 Å². The Morgan fingerprint density at radius 2 is 1.57 bits per heavy atom. The van der Waals surface area contributed by atoms with Gasteiger partial charge >= 0.3 is 0 Å². The normalized spacial score (nSPS) is 13.7. The first-order valence-electron chi connectivity index (χ1n) is 7.55. The third kappa shape index (κ3) is 3.00. The second-order valence-corrected chi connectivity index (χ2v) is 5.98. The SMILES string of the molecule is NC(Cc1cccc2ccccc12)(C(=O)CCl)c1ccccc1. The molecule has 0 radical (unpaired) electrons. The van der Waals surface area contributed by atoms with Crippen LogP contribution < -0.4 is 5.73 Å². The summed E-state index contributed by atoms with van der Waals surface area (Å²) >= 11 is 5.84. The lowest BCUT2D eigenvalue weighted by Crippen LogP contribution is -2.47. The summed E-state index contributed by atoms with van der Waals surface area (Å²) in [6, 6.07) is 23.6. The number of benzene rings is 3. The number of fused-ring (bicyclic) bond motifs is 1. The Bertz CT molecular complexity index is 826. The smallest absolute Gasteiger partial charge is 0.172 e. The van der Waals surface area contributed by atoms with Gasteiger partial charge in [0.05, 0.1) is 5.88 Å². The molecule has 0 saturated carbocycles. The van der Waals surface area contributed by atoms with Crippen LogP contribution in [-0.2, 0) is 16.8 Å². The van der Waals surface area contributed by atoms with E-state index in [1.807, 2.05) is 54.6 Å². The average Bonchev–Trinajstić information content (AvgIpc) is 2.62. The molecule has 3 heteroatoms. The van der Waals surface area contributed by atoms with E-state index in [-0.39, 0.29) is 11.7 Å². The summed E-state index contributed by atoms with van der Waals surface area (Å²) in [5, 5.41) is 2.25. The molecule has 116 valence electrons. The maximum Gasteiger partial charge on any atom is 0.172 e. The Balaban J connectivity index is 2.10. The summed E-state index contributed by atoms with van der Waals surface area (Å²) in [6.07, 6.45) is 0.421. The van der Waals surface area contributed by atoms with Crippen LogP contribution in [0.4, 0.5) is 0 Å². The first kappa shape index (κ1) is 15.7. The molecule has 0 amide bonds. The molecule has 1 atom stereocenters. The highest BCUT2D eigenvalue weighted by atomic mass is 35.5. The Hall–Kier alpha value is -2.16. The van der Waals surface area contributed by atoms with E-state index in [9.17, 15) is 4.79 Å². The molecular weight excluding hydrogens is 306 g/mol. The van der Waals surface area contributed by atoms with Crippen molar-refractivity contribution in [3.63, 3.8) is 0 Å². The number of Topliss-reactive ketones (excluding diaryl/α,β-unsaturated/α-hetero) is 1. The molecule has 2 N–H and O–H groups in total. The Morgan fingerprint density at radius 3 is 2.30 bits per heavy atom. The van der Waals surface area contributed by atoms with E-state index in [0.29, 0.717) is 6.42 Å². The van der Waals surface area contributed by atoms with Gasteiger partial charge in [0.1, 0.15) is 5.54 Å². The van der Waals surface area contributed by atoms with Crippen molar-refractivity contribution in [1.29, 1.82) is 0 Å². The number of hydrogen-bond acceptors (Lipinski definition) is 2. The molecule has 0 heterocycles. The molecule has 0 spiro atoms. The van der Waals surface area contributed by atoms with Gasteiger partial charge < -0.3 is 5.73 Å². The third-order valence-corrected chi connectivity index (χ3v) is 4.50. The van der Waals surface area contributed by atoms with E-state index in [1.165, 1.54) is 0 Å². The maximum atomic E-state index is 12.5. The van der Waals surface area contributed by atoms with Gasteiger partial charge in [-0.15, -0.1) is 11.6 Å². The number of nitrogens with two attached hydrogens (primary N) is 1. The lowest BCUT2D eigenvalue weighted by Gasteiger charge is -2.28. The van der Waals surface area contributed by atoms with Crippen LogP contribution in [0.25, 0.3) is 10.8 Å². The molecule has 0 aliphatic carbocycles. The molecule has 3 aromatic carbocycles. The van der Waals surface area contributed by atoms with E-state index in [0.717, 1.165) is 21.9 Å². The highest BCUT2D eigenvalue weighted by Gasteiger charge is 2.35. The number of carbonyl (C=O) groups excluding carboxylic acids is 1. The molecule has 2 nitrogen and oxygen atoms in total. The molecule has 0 aromatic heterocycles. The van der Waals surface area contributed by atoms with Crippen LogP contribution >= 0.6 is 11.6 Å². The highest BCUT2D eigenvalue weighted by molar-refractivity contribution is 6.29. The summed E-state index contributed by atoms with van der Waals surface area (Å²) < 4.78 is 0. The molecule has 3 rings (SSSR count). The zero-order chi connectivity index (χ0) is 16.3. The van der Waals surface area contributed by atoms with Crippen molar-refractivity contribution in [2.75, 3.05) is 5.88 Å². The molecule has 0 aliphatic rings. The summed E-state index contributed by atoms with van der Waals surface area (Å²) in [5.41, 5.74) is 7.28. The van der Waals surface area contributed by atoms with E-state index < -0.39 is 5.54 Å². The predicted octanol–water partition coefficient (Wildman–Crippen LogP) is 4.04. The number of rotatable bonds is 5. The fraction of sp³-hybridized carbons (Fsp3) is 0.150. The van der Waals surface area contributed by atoms with E-state index in [2.05, 4.69) is 18.2 Å². The van der Waals surface area contributed by atoms with Gasteiger partial charge in [0.15, 0.2) is 5.78 Å². The second kappa shape index (κ2) is 6.53. The zero-order valence-electron chi connectivity index (χ0n) is 12.7. The summed E-state index contributed by atoms with van der Waals surface area (Å²) in [7, 11) is 0. The van der Waals surface area contributed by atoms with Crippen LogP contribution in [0.2, 0.25) is 0 Å². The Kier molecular flexibility index (Phi) is 4.46. The third-order valence-electron chi connectivity index (χ3n) is 4.26. The Labute approximate surface area is 140 Å². The average molecular weight is 324 g/mol. The van der Waals surface area contributed by atoms with Crippen LogP contribution in [0.1, 0.15) is 11.1 Å². The lowest BCUT2D eigenvalue weighted by molar-refractivity contribution is -0.122. The van der Waals surface area contributed by atoms with Crippen molar-refractivity contribution in [3.05, 3.63) is 83.9 Å². The minimum absolute atomic E-state index is 0.101. The molecule has 1 unspecified atom stereocenters. The maximum absolute atomic E-state index is 12.5. The van der Waals surface area contributed by atoms with Crippen molar-refractivity contribution < 1.29 is 4.79 Å². The molecule has 0 saturated heterocycles. The van der Waals surface area contributed by atoms with Crippen molar-refractivity contribution in [1.82, 2.24) is 0 Å². The molecule has 23 heavy (non-hydrogen) atoms. The summed E-state index contributed by atoms with van der Waals surface area (Å²) in [4.78, 5) is 12.5. The van der Waals surface area contributed by atoms with Crippen molar-refractivity contribution in [3.8, 4) is 0 Å². The van der Waals surface area contributed by atoms with Gasteiger partial charge in [-0.3, -0.25) is 4.79 Å². The second-order valence-electron chi connectivity index (χ2n) is 5.71. The minimum Gasteiger partial charge on any atom is -0.315 e. The zero-order valence-corrected chi connectivity index (χ0v) is 13.5. The molecule has 3 aromatic rings. The van der Waals surface area contributed by atoms with Gasteiger partial charge in [0.25, 0.3) is 0 Å². The fourth-order valence-corrected chi connectivity index (χ4v) is 3.20. The van der Waals surface area contributed by atoms with Gasteiger partial charge in [-0.2, -0.15) is 0 Å². The molecule has 0 fully saturated rings. The molecular formula is C20H18ClNO. The van der Waals surface area contributed by atoms with Crippen molar-refractivity contribution in [2.45, 2.75) is 12.0 Å². The minimum atomic E-state index is -1.12. The first-order valence-corrected chi connectivity index (χ1v) is 8.09. The number of ketones is 1. The number of carbonyl (C=O) groups is 1. The Morgan fingerprint density at radius 1 is 0.913 bits per heavy atom. The molecule has 0 aliphatic heterocycles. The predicted molar refractivity (Wildman–Crippen MR) is 95.7 cm³/mol. The standard InChI is InChI=1S/C20H18ClNO/c21-14-19(23)20(22,17-10-2-1-3-11-17)13-16-9-6-8-15-7-4-5-12-18(15)16/h1-12H,13-14,22H2. The van der Waals surface area contributed by atoms with Gasteiger partial charge in [-0.25, -0.2) is 0 Å². The van der Waals surface area contributed by atoms with Crippen LogP contribution in [0.3, 0.4) is 0 Å². The van der Waals surface area contributed by atoms with Crippen LogP contribution in [-0.4, -0.2) is 11.7 Å². The van der Waals surface area contributed by atoms with Crippen LogP contribution in [0.15, 0.2) is 72.8 Å². The lowest BCUT2D eigenvalue weighted by atomic mass is 9.80. The largest absolute Gasteiger partial charge is 0.315 e. The molecule has 0 bridgehead atoms. The van der Waals surface area contributed by atoms with E-state index >= 15 is 0 Å². The monoisotopic (exact) mass is 323 g/mol. The van der Waals surface area contributed by atoms with Crippen molar-refractivity contribution in [2.24, 2.45) is 5.73 Å². The van der Waals surface area contributed by atoms with Gasteiger partial charge in [0.2, 0.25) is 0 Å².